The maximum absolute atomic E-state index is 12.2. The second-order valence-electron chi connectivity index (χ2n) is 5.35. The fraction of sp³-hybridized carbons (Fsp3) is 0.375. The van der Waals surface area contributed by atoms with Gasteiger partial charge in [0.2, 0.25) is 0 Å². The topological polar surface area (TPSA) is 67.2 Å². The van der Waals surface area contributed by atoms with Gasteiger partial charge >= 0.3 is 0 Å². The quantitative estimate of drug-likeness (QED) is 0.851. The molecule has 0 aliphatic rings. The van der Waals surface area contributed by atoms with Crippen LogP contribution < -0.4 is 5.32 Å². The van der Waals surface area contributed by atoms with Crippen LogP contribution >= 0.6 is 0 Å². The monoisotopic (exact) mass is 287 g/mol. The molecule has 0 bridgehead atoms. The van der Waals surface area contributed by atoms with Gasteiger partial charge in [-0.2, -0.15) is 5.10 Å². The highest BCUT2D eigenvalue weighted by Crippen LogP contribution is 2.07. The normalized spacial score (nSPS) is 12.4. The van der Waals surface area contributed by atoms with Gasteiger partial charge in [-0.25, -0.2) is 0 Å². The van der Waals surface area contributed by atoms with Crippen LogP contribution in [0.5, 0.6) is 0 Å². The van der Waals surface area contributed by atoms with Crippen molar-refractivity contribution in [1.82, 2.24) is 15.1 Å². The number of amides is 1. The Morgan fingerprint density at radius 1 is 1.33 bits per heavy atom. The van der Waals surface area contributed by atoms with E-state index in [0.29, 0.717) is 12.0 Å². The van der Waals surface area contributed by atoms with E-state index in [1.165, 1.54) is 0 Å². The molecule has 1 atom stereocenters. The average molecular weight is 287 g/mol. The molecule has 21 heavy (non-hydrogen) atoms. The summed E-state index contributed by atoms with van der Waals surface area (Å²) in [6.45, 7) is 3.90. The van der Waals surface area contributed by atoms with Crippen molar-refractivity contribution in [3.8, 4) is 0 Å². The largest absolute Gasteiger partial charge is 0.394 e. The zero-order valence-corrected chi connectivity index (χ0v) is 12.4. The van der Waals surface area contributed by atoms with Gasteiger partial charge in [0.25, 0.3) is 5.91 Å². The molecule has 0 saturated heterocycles. The lowest BCUT2D eigenvalue weighted by Gasteiger charge is -2.15. The first kappa shape index (κ1) is 15.3. The molecule has 0 aliphatic carbocycles. The van der Waals surface area contributed by atoms with Crippen LogP contribution in [0.2, 0.25) is 0 Å². The first-order chi connectivity index (χ1) is 10.1. The Hall–Kier alpha value is -2.14. The first-order valence-electron chi connectivity index (χ1n) is 7.10. The van der Waals surface area contributed by atoms with Crippen molar-refractivity contribution < 1.29 is 9.90 Å². The summed E-state index contributed by atoms with van der Waals surface area (Å²) in [5.41, 5.74) is 1.59. The fourth-order valence-corrected chi connectivity index (χ4v) is 2.07. The van der Waals surface area contributed by atoms with E-state index in [1.807, 2.05) is 44.2 Å². The molecule has 0 saturated carbocycles. The minimum Gasteiger partial charge on any atom is -0.394 e. The van der Waals surface area contributed by atoms with E-state index in [9.17, 15) is 9.90 Å². The minimum absolute atomic E-state index is 0.0983. The Morgan fingerprint density at radius 2 is 2.05 bits per heavy atom. The second kappa shape index (κ2) is 7.04. The van der Waals surface area contributed by atoms with E-state index in [0.717, 1.165) is 5.56 Å². The van der Waals surface area contributed by atoms with Gasteiger partial charge in [-0.3, -0.25) is 9.48 Å². The molecule has 1 amide bonds. The van der Waals surface area contributed by atoms with E-state index in [1.54, 1.807) is 17.1 Å². The number of aromatic nitrogens is 2. The lowest BCUT2D eigenvalue weighted by molar-refractivity contribution is 0.0916. The third-order valence-corrected chi connectivity index (χ3v) is 3.27. The van der Waals surface area contributed by atoms with Crippen molar-refractivity contribution in [2.45, 2.75) is 32.4 Å². The molecule has 1 aromatic carbocycles. The zero-order chi connectivity index (χ0) is 15.2. The van der Waals surface area contributed by atoms with Crippen molar-refractivity contribution >= 4 is 5.91 Å². The van der Waals surface area contributed by atoms with E-state index in [2.05, 4.69) is 10.4 Å². The Labute approximate surface area is 124 Å². The molecule has 5 heteroatoms. The number of carbonyl (C=O) groups excluding carboxylic acids is 1. The average Bonchev–Trinajstić information content (AvgIpc) is 2.97. The Bertz CT molecular complexity index is 578. The molecule has 2 rings (SSSR count). The van der Waals surface area contributed by atoms with Crippen LogP contribution in [-0.2, 0) is 6.42 Å². The Morgan fingerprint density at radius 3 is 2.62 bits per heavy atom. The van der Waals surface area contributed by atoms with Gasteiger partial charge in [0.15, 0.2) is 0 Å². The summed E-state index contributed by atoms with van der Waals surface area (Å²) in [5.74, 6) is -0.211. The highest BCUT2D eigenvalue weighted by Gasteiger charge is 2.15. The number of hydrogen-bond acceptors (Lipinski definition) is 3. The Balaban J connectivity index is 1.99. The number of rotatable bonds is 6. The summed E-state index contributed by atoms with van der Waals surface area (Å²) in [6, 6.07) is 9.69. The predicted octanol–water partition coefficient (Wildman–Crippen LogP) is 1.80. The first-order valence-corrected chi connectivity index (χ1v) is 7.10. The molecule has 112 valence electrons. The van der Waals surface area contributed by atoms with Gasteiger partial charge in [-0.1, -0.05) is 30.3 Å². The molecule has 1 aromatic heterocycles. The van der Waals surface area contributed by atoms with Crippen LogP contribution in [0, 0.1) is 0 Å². The molecule has 0 spiro atoms. The van der Waals surface area contributed by atoms with Crippen LogP contribution in [-0.4, -0.2) is 33.4 Å². The summed E-state index contributed by atoms with van der Waals surface area (Å²) >= 11 is 0. The number of hydrogen-bond donors (Lipinski definition) is 2. The minimum atomic E-state index is -0.303. The summed E-state index contributed by atoms with van der Waals surface area (Å²) < 4.78 is 1.74. The molecule has 5 nitrogen and oxygen atoms in total. The van der Waals surface area contributed by atoms with Crippen molar-refractivity contribution in [1.29, 1.82) is 0 Å². The van der Waals surface area contributed by atoms with Crippen LogP contribution in [0.4, 0.5) is 0 Å². The molecule has 0 radical (unpaired) electrons. The van der Waals surface area contributed by atoms with E-state index < -0.39 is 0 Å². The summed E-state index contributed by atoms with van der Waals surface area (Å²) in [6.07, 6.45) is 3.87. The number of nitrogens with zero attached hydrogens (tertiary/aromatic N) is 2. The van der Waals surface area contributed by atoms with Gasteiger partial charge in [-0.15, -0.1) is 0 Å². The third kappa shape index (κ3) is 4.16. The summed E-state index contributed by atoms with van der Waals surface area (Å²) in [7, 11) is 0. The van der Waals surface area contributed by atoms with E-state index >= 15 is 0 Å². The van der Waals surface area contributed by atoms with Crippen LogP contribution in [0.25, 0.3) is 0 Å². The molecule has 0 unspecified atom stereocenters. The lowest BCUT2D eigenvalue weighted by atomic mass is 10.1. The summed E-state index contributed by atoms with van der Waals surface area (Å²) in [5, 5.41) is 16.4. The Kier molecular flexibility index (Phi) is 5.11. The summed E-state index contributed by atoms with van der Waals surface area (Å²) in [4.78, 5) is 12.2. The van der Waals surface area contributed by atoms with Crippen molar-refractivity contribution in [3.63, 3.8) is 0 Å². The molecule has 0 aliphatic heterocycles. The van der Waals surface area contributed by atoms with Crippen molar-refractivity contribution in [2.75, 3.05) is 6.61 Å². The molecule has 0 fully saturated rings. The maximum atomic E-state index is 12.2. The smallest absolute Gasteiger partial charge is 0.254 e. The fourth-order valence-electron chi connectivity index (χ4n) is 2.07. The molecular weight excluding hydrogens is 266 g/mol. The number of aliphatic hydroxyl groups excluding tert-OH is 1. The maximum Gasteiger partial charge on any atom is 0.254 e. The molecule has 1 heterocycles. The predicted molar refractivity (Wildman–Crippen MR) is 81.1 cm³/mol. The molecule has 2 N–H and O–H groups in total. The molecule has 2 aromatic rings. The van der Waals surface area contributed by atoms with E-state index in [-0.39, 0.29) is 24.6 Å². The highest BCUT2D eigenvalue weighted by atomic mass is 16.3. The third-order valence-electron chi connectivity index (χ3n) is 3.27. The number of carbonyl (C=O) groups is 1. The highest BCUT2D eigenvalue weighted by molar-refractivity contribution is 5.93. The van der Waals surface area contributed by atoms with Gasteiger partial charge < -0.3 is 10.4 Å². The zero-order valence-electron chi connectivity index (χ0n) is 12.4. The SMILES string of the molecule is CC(C)n1cc(C(=O)N[C@@H](CO)Cc2ccccc2)cn1. The van der Waals surface area contributed by atoms with Crippen LogP contribution in [0.15, 0.2) is 42.7 Å². The number of aliphatic hydroxyl groups is 1. The van der Waals surface area contributed by atoms with Crippen LogP contribution in [0.1, 0.15) is 35.8 Å². The second-order valence-corrected chi connectivity index (χ2v) is 5.35. The van der Waals surface area contributed by atoms with Gasteiger partial charge in [-0.05, 0) is 25.8 Å². The van der Waals surface area contributed by atoms with Crippen LogP contribution in [0.3, 0.4) is 0 Å². The standard InChI is InChI=1S/C16H21N3O2/c1-12(2)19-10-14(9-17-19)16(21)18-15(11-20)8-13-6-4-3-5-7-13/h3-7,9-10,12,15,20H,8,11H2,1-2H3,(H,18,21)/t15-/m1/s1. The van der Waals surface area contributed by atoms with Gasteiger partial charge in [0.05, 0.1) is 24.4 Å². The lowest BCUT2D eigenvalue weighted by Crippen LogP contribution is -2.39. The van der Waals surface area contributed by atoms with E-state index in [4.69, 9.17) is 0 Å². The van der Waals surface area contributed by atoms with Gasteiger partial charge in [0.1, 0.15) is 0 Å². The van der Waals surface area contributed by atoms with Crippen molar-refractivity contribution in [3.05, 3.63) is 53.9 Å². The van der Waals surface area contributed by atoms with Crippen molar-refractivity contribution in [2.24, 2.45) is 0 Å². The van der Waals surface area contributed by atoms with Gasteiger partial charge in [0, 0.05) is 12.2 Å². The number of benzene rings is 1. The molecular formula is C16H21N3O2. The number of nitrogens with one attached hydrogen (secondary N) is 1.